The van der Waals surface area contributed by atoms with Crippen LogP contribution in [-0.4, -0.2) is 69.9 Å². The van der Waals surface area contributed by atoms with E-state index in [1.165, 1.54) is 28.3 Å². The third-order valence-electron chi connectivity index (χ3n) is 7.39. The summed E-state index contributed by atoms with van der Waals surface area (Å²) in [6.07, 6.45) is 5.22. The fourth-order valence-corrected chi connectivity index (χ4v) is 6.53. The van der Waals surface area contributed by atoms with Gasteiger partial charge in [0.1, 0.15) is 21.6 Å². The van der Waals surface area contributed by atoms with Gasteiger partial charge in [-0.05, 0) is 61.7 Å². The first-order chi connectivity index (χ1) is 18.9. The zero-order chi connectivity index (χ0) is 27.1. The number of carbonyl (C=O) groups is 1. The molecule has 6 rings (SSSR count). The van der Waals surface area contributed by atoms with E-state index in [2.05, 4.69) is 9.80 Å². The first-order valence-corrected chi connectivity index (χ1v) is 14.3. The number of rotatable bonds is 5. The van der Waals surface area contributed by atoms with Crippen LogP contribution in [0.25, 0.3) is 11.7 Å². The molecule has 0 spiro atoms. The second-order valence-corrected chi connectivity index (χ2v) is 11.6. The minimum atomic E-state index is -0.264. The molecule has 3 aromatic rings. The van der Waals surface area contributed by atoms with Gasteiger partial charge in [0.25, 0.3) is 11.5 Å². The van der Waals surface area contributed by atoms with Gasteiger partial charge in [-0.25, -0.2) is 9.37 Å². The lowest BCUT2D eigenvalue weighted by Gasteiger charge is -2.37. The summed E-state index contributed by atoms with van der Waals surface area (Å²) in [5, 5.41) is 0. The van der Waals surface area contributed by atoms with Crippen molar-refractivity contribution >= 4 is 57.4 Å². The van der Waals surface area contributed by atoms with Gasteiger partial charge >= 0.3 is 0 Å². The largest absolute Gasteiger partial charge is 0.376 e. The lowest BCUT2D eigenvalue weighted by Crippen LogP contribution is -2.47. The molecule has 8 nitrogen and oxygen atoms in total. The number of halogens is 1. The summed E-state index contributed by atoms with van der Waals surface area (Å²) in [4.78, 5) is 38.4. The number of carbonyl (C=O) groups excluding carboxylic acids is 1. The molecule has 3 fully saturated rings. The van der Waals surface area contributed by atoms with E-state index in [1.54, 1.807) is 29.3 Å². The molecule has 2 aromatic heterocycles. The fourth-order valence-electron chi connectivity index (χ4n) is 5.28. The predicted molar refractivity (Wildman–Crippen MR) is 156 cm³/mol. The highest BCUT2D eigenvalue weighted by Gasteiger charge is 2.35. The van der Waals surface area contributed by atoms with Crippen molar-refractivity contribution in [3.63, 3.8) is 0 Å². The van der Waals surface area contributed by atoms with Crippen LogP contribution in [0.5, 0.6) is 0 Å². The van der Waals surface area contributed by atoms with Crippen LogP contribution in [0.4, 0.5) is 15.9 Å². The van der Waals surface area contributed by atoms with Crippen LogP contribution in [-0.2, 0) is 9.53 Å². The van der Waals surface area contributed by atoms with E-state index < -0.39 is 0 Å². The maximum atomic E-state index is 13.8. The highest BCUT2D eigenvalue weighted by Crippen LogP contribution is 2.34. The number of amides is 1. The Labute approximate surface area is 235 Å². The van der Waals surface area contributed by atoms with Crippen molar-refractivity contribution in [2.24, 2.45) is 0 Å². The summed E-state index contributed by atoms with van der Waals surface area (Å²) in [6, 6.07) is 10.2. The number of piperazine rings is 1. The second-order valence-electron chi connectivity index (χ2n) is 9.92. The van der Waals surface area contributed by atoms with Gasteiger partial charge in [-0.3, -0.25) is 18.9 Å². The Bertz CT molecular complexity index is 1530. The number of ether oxygens (including phenoxy) is 1. The molecule has 5 heterocycles. The first kappa shape index (κ1) is 26.0. The number of hydrogen-bond acceptors (Lipinski definition) is 8. The Morgan fingerprint density at radius 3 is 2.59 bits per heavy atom. The molecular formula is C28H28FN5O3S2. The Hall–Kier alpha value is -3.28. The number of aryl methyl sites for hydroxylation is 1. The number of nitrogens with zero attached hydrogens (tertiary/aromatic N) is 5. The minimum absolute atomic E-state index is 0.0178. The first-order valence-electron chi connectivity index (χ1n) is 13.0. The normalized spacial score (nSPS) is 21.1. The lowest BCUT2D eigenvalue weighted by molar-refractivity contribution is -0.123. The lowest BCUT2D eigenvalue weighted by atomic mass is 10.2. The molecule has 3 aliphatic heterocycles. The number of thiocarbonyl (C=S) groups is 1. The molecule has 11 heteroatoms. The van der Waals surface area contributed by atoms with Gasteiger partial charge in [-0.2, -0.15) is 0 Å². The maximum Gasteiger partial charge on any atom is 0.267 e. The third kappa shape index (κ3) is 5.06. The number of benzene rings is 1. The van der Waals surface area contributed by atoms with E-state index in [9.17, 15) is 14.0 Å². The van der Waals surface area contributed by atoms with Crippen molar-refractivity contribution in [3.8, 4) is 0 Å². The van der Waals surface area contributed by atoms with Crippen LogP contribution in [0.15, 0.2) is 52.3 Å². The smallest absolute Gasteiger partial charge is 0.267 e. The van der Waals surface area contributed by atoms with E-state index in [1.807, 2.05) is 19.1 Å². The molecule has 3 saturated heterocycles. The van der Waals surface area contributed by atoms with Crippen LogP contribution in [0.2, 0.25) is 0 Å². The van der Waals surface area contributed by atoms with Gasteiger partial charge in [0.05, 0.1) is 23.1 Å². The molecule has 0 radical (unpaired) electrons. The molecule has 1 unspecified atom stereocenters. The van der Waals surface area contributed by atoms with Crippen molar-refractivity contribution in [2.75, 3.05) is 49.1 Å². The number of aromatic nitrogens is 2. The molecule has 1 atom stereocenters. The second kappa shape index (κ2) is 10.7. The van der Waals surface area contributed by atoms with Gasteiger partial charge < -0.3 is 14.5 Å². The zero-order valence-corrected chi connectivity index (χ0v) is 23.1. The van der Waals surface area contributed by atoms with Crippen molar-refractivity contribution in [3.05, 3.63) is 74.8 Å². The Kier molecular flexibility index (Phi) is 7.13. The van der Waals surface area contributed by atoms with Gasteiger partial charge in [0.15, 0.2) is 0 Å². The molecule has 3 aliphatic rings. The summed E-state index contributed by atoms with van der Waals surface area (Å²) in [7, 11) is 0. The molecule has 0 N–H and O–H groups in total. The van der Waals surface area contributed by atoms with Gasteiger partial charge in [-0.1, -0.05) is 30.0 Å². The summed E-state index contributed by atoms with van der Waals surface area (Å²) < 4.78 is 21.1. The van der Waals surface area contributed by atoms with Gasteiger partial charge in [-0.15, -0.1) is 0 Å². The maximum absolute atomic E-state index is 13.8. The molecule has 39 heavy (non-hydrogen) atoms. The number of thioether (sulfide) groups is 1. The molecule has 0 bridgehead atoms. The summed E-state index contributed by atoms with van der Waals surface area (Å²) >= 11 is 6.74. The number of pyridine rings is 1. The van der Waals surface area contributed by atoms with Crippen LogP contribution in [0, 0.1) is 12.7 Å². The van der Waals surface area contributed by atoms with E-state index >= 15 is 0 Å². The van der Waals surface area contributed by atoms with Crippen LogP contribution in [0.3, 0.4) is 0 Å². The van der Waals surface area contributed by atoms with E-state index in [0.29, 0.717) is 65.6 Å². The molecule has 1 aromatic carbocycles. The molecular weight excluding hydrogens is 537 g/mol. The summed E-state index contributed by atoms with van der Waals surface area (Å²) in [6.45, 7) is 5.65. The molecule has 202 valence electrons. The van der Waals surface area contributed by atoms with Crippen molar-refractivity contribution < 1.29 is 13.9 Å². The van der Waals surface area contributed by atoms with Crippen molar-refractivity contribution in [2.45, 2.75) is 25.9 Å². The third-order valence-corrected chi connectivity index (χ3v) is 8.77. The highest BCUT2D eigenvalue weighted by molar-refractivity contribution is 8.26. The predicted octanol–water partition coefficient (Wildman–Crippen LogP) is 3.85. The molecule has 0 saturated carbocycles. The Morgan fingerprint density at radius 2 is 1.87 bits per heavy atom. The zero-order valence-electron chi connectivity index (χ0n) is 21.5. The van der Waals surface area contributed by atoms with Gasteiger partial charge in [0.2, 0.25) is 0 Å². The van der Waals surface area contributed by atoms with E-state index in [4.69, 9.17) is 21.9 Å². The SMILES string of the molecule is Cc1cccn2c(=O)c(C=C3SC(=S)N(CC4CCCO4)C3=O)c(N3CCN(c4ccc(F)cc4)CC3)nc12. The summed E-state index contributed by atoms with van der Waals surface area (Å²) in [5.41, 5.74) is 2.56. The standard InChI is InChI=1S/C28H28FN5O3S2/c1-18-4-2-10-33-24(18)30-25(32-13-11-31(12-14-32)20-8-6-19(29)7-9-20)22(26(33)35)16-23-27(36)34(28(38)39-23)17-21-5-3-15-37-21/h2,4,6-10,16,21H,3,5,11-15,17H2,1H3. The van der Waals surface area contributed by atoms with Crippen molar-refractivity contribution in [1.29, 1.82) is 0 Å². The average Bonchev–Trinajstić information content (AvgIpc) is 3.55. The number of anilines is 2. The average molecular weight is 566 g/mol. The molecule has 0 aliphatic carbocycles. The highest BCUT2D eigenvalue weighted by atomic mass is 32.2. The minimum Gasteiger partial charge on any atom is -0.376 e. The molecule has 1 amide bonds. The number of hydrogen-bond donors (Lipinski definition) is 0. The van der Waals surface area contributed by atoms with Gasteiger partial charge in [0, 0.05) is 44.7 Å². The van der Waals surface area contributed by atoms with Crippen LogP contribution in [0.1, 0.15) is 24.0 Å². The van der Waals surface area contributed by atoms with Crippen LogP contribution < -0.4 is 15.4 Å². The topological polar surface area (TPSA) is 70.4 Å². The van der Waals surface area contributed by atoms with Crippen LogP contribution >= 0.6 is 24.0 Å². The Balaban J connectivity index is 1.34. The number of fused-ring (bicyclic) bond motifs is 1. The monoisotopic (exact) mass is 565 g/mol. The van der Waals surface area contributed by atoms with E-state index in [-0.39, 0.29) is 23.4 Å². The fraction of sp³-hybridized carbons (Fsp3) is 0.357. The quantitative estimate of drug-likeness (QED) is 0.342. The van der Waals surface area contributed by atoms with E-state index in [0.717, 1.165) is 24.1 Å². The summed E-state index contributed by atoms with van der Waals surface area (Å²) in [5.74, 6) is 0.0817. The van der Waals surface area contributed by atoms with Crippen molar-refractivity contribution in [1.82, 2.24) is 14.3 Å². The Morgan fingerprint density at radius 1 is 1.13 bits per heavy atom.